The van der Waals surface area contributed by atoms with Gasteiger partial charge >= 0.3 is 6.18 Å². The van der Waals surface area contributed by atoms with E-state index in [1.165, 1.54) is 12.1 Å². The molecular weight excluding hydrogens is 327 g/mol. The van der Waals surface area contributed by atoms with Crippen LogP contribution in [0.2, 0.25) is 5.02 Å². The van der Waals surface area contributed by atoms with Crippen molar-refractivity contribution in [2.75, 3.05) is 19.7 Å². The lowest BCUT2D eigenvalue weighted by Crippen LogP contribution is -2.45. The van der Waals surface area contributed by atoms with Gasteiger partial charge in [0.25, 0.3) is 0 Å². The molecule has 0 amide bonds. The van der Waals surface area contributed by atoms with Crippen molar-refractivity contribution in [1.82, 2.24) is 5.32 Å². The zero-order chi connectivity index (χ0) is 16.4. The molecule has 0 aliphatic carbocycles. The van der Waals surface area contributed by atoms with Crippen molar-refractivity contribution in [3.05, 3.63) is 53.1 Å². The van der Waals surface area contributed by atoms with Crippen LogP contribution in [0.15, 0.2) is 42.5 Å². The van der Waals surface area contributed by atoms with E-state index in [0.717, 1.165) is 19.2 Å². The molecule has 122 valence electrons. The van der Waals surface area contributed by atoms with E-state index in [9.17, 15) is 13.2 Å². The first-order chi connectivity index (χ1) is 10.9. The number of alkyl halides is 3. The van der Waals surface area contributed by atoms with Crippen molar-refractivity contribution in [2.45, 2.75) is 6.18 Å². The van der Waals surface area contributed by atoms with Gasteiger partial charge in [-0.05, 0) is 29.8 Å². The van der Waals surface area contributed by atoms with Gasteiger partial charge in [-0.15, -0.1) is 0 Å². The van der Waals surface area contributed by atoms with Gasteiger partial charge in [-0.1, -0.05) is 29.8 Å². The summed E-state index contributed by atoms with van der Waals surface area (Å²) >= 11 is 6.00. The minimum Gasteiger partial charge on any atom is -0.493 e. The van der Waals surface area contributed by atoms with Crippen LogP contribution >= 0.6 is 11.6 Å². The Labute approximate surface area is 137 Å². The van der Waals surface area contributed by atoms with Crippen LogP contribution in [0.25, 0.3) is 11.1 Å². The molecule has 2 aromatic carbocycles. The third-order valence-corrected chi connectivity index (χ3v) is 4.13. The lowest BCUT2D eigenvalue weighted by molar-refractivity contribution is -0.137. The average Bonchev–Trinajstić information content (AvgIpc) is 2.45. The summed E-state index contributed by atoms with van der Waals surface area (Å²) in [5.41, 5.74) is -0.323. The highest BCUT2D eigenvalue weighted by Crippen LogP contribution is 2.41. The first-order valence-corrected chi connectivity index (χ1v) is 7.62. The lowest BCUT2D eigenvalue weighted by Gasteiger charge is -2.26. The SMILES string of the molecule is FC(F)(F)c1cccc(Cl)c1-c1ccc(OCC2CNC2)cc1. The summed E-state index contributed by atoms with van der Waals surface area (Å²) in [6, 6.07) is 10.3. The Bertz CT molecular complexity index is 681. The summed E-state index contributed by atoms with van der Waals surface area (Å²) in [6.07, 6.45) is -4.45. The molecular formula is C17H15ClF3NO. The molecule has 6 heteroatoms. The second-order valence-corrected chi connectivity index (χ2v) is 5.93. The number of nitrogens with one attached hydrogen (secondary N) is 1. The monoisotopic (exact) mass is 341 g/mol. The molecule has 0 spiro atoms. The van der Waals surface area contributed by atoms with Crippen LogP contribution in [-0.2, 0) is 6.18 Å². The van der Waals surface area contributed by atoms with E-state index in [1.807, 2.05) is 0 Å². The molecule has 0 bridgehead atoms. The van der Waals surface area contributed by atoms with Crippen molar-refractivity contribution < 1.29 is 17.9 Å². The molecule has 3 rings (SSSR count). The lowest BCUT2D eigenvalue weighted by atomic mass is 9.99. The highest BCUT2D eigenvalue weighted by atomic mass is 35.5. The number of benzene rings is 2. The predicted molar refractivity (Wildman–Crippen MR) is 83.7 cm³/mol. The van der Waals surface area contributed by atoms with Gasteiger partial charge in [-0.25, -0.2) is 0 Å². The van der Waals surface area contributed by atoms with Gasteiger partial charge in [0.1, 0.15) is 5.75 Å². The van der Waals surface area contributed by atoms with E-state index in [-0.39, 0.29) is 10.6 Å². The van der Waals surface area contributed by atoms with Crippen molar-refractivity contribution in [3.63, 3.8) is 0 Å². The maximum atomic E-state index is 13.2. The predicted octanol–water partition coefficient (Wildman–Crippen LogP) is 4.62. The zero-order valence-corrected chi connectivity index (χ0v) is 12.9. The second-order valence-electron chi connectivity index (χ2n) is 5.52. The van der Waals surface area contributed by atoms with Gasteiger partial charge < -0.3 is 10.1 Å². The first-order valence-electron chi connectivity index (χ1n) is 7.25. The van der Waals surface area contributed by atoms with Crippen molar-refractivity contribution in [2.24, 2.45) is 5.92 Å². The average molecular weight is 342 g/mol. The number of hydrogen-bond donors (Lipinski definition) is 1. The van der Waals surface area contributed by atoms with Gasteiger partial charge in [-0.2, -0.15) is 13.2 Å². The number of rotatable bonds is 4. The van der Waals surface area contributed by atoms with Crippen LogP contribution in [0, 0.1) is 5.92 Å². The summed E-state index contributed by atoms with van der Waals surface area (Å²) in [5.74, 6) is 1.14. The van der Waals surface area contributed by atoms with Crippen molar-refractivity contribution in [1.29, 1.82) is 0 Å². The Morgan fingerprint density at radius 1 is 1.09 bits per heavy atom. The summed E-state index contributed by atoms with van der Waals surface area (Å²) in [6.45, 7) is 2.48. The van der Waals surface area contributed by atoms with E-state index in [1.54, 1.807) is 24.3 Å². The van der Waals surface area contributed by atoms with Crippen molar-refractivity contribution >= 4 is 11.6 Å². The molecule has 0 aromatic heterocycles. The standard InChI is InChI=1S/C17H15ClF3NO/c18-15-3-1-2-14(17(19,20)21)16(15)12-4-6-13(7-5-12)23-10-11-8-22-9-11/h1-7,11,22H,8-10H2. The van der Waals surface area contributed by atoms with E-state index >= 15 is 0 Å². The smallest absolute Gasteiger partial charge is 0.417 e. The Kier molecular flexibility index (Phi) is 4.50. The fraction of sp³-hybridized carbons (Fsp3) is 0.294. The van der Waals surface area contributed by atoms with Gasteiger partial charge in [0.05, 0.1) is 12.2 Å². The van der Waals surface area contributed by atoms with E-state index in [2.05, 4.69) is 5.32 Å². The fourth-order valence-corrected chi connectivity index (χ4v) is 2.74. The van der Waals surface area contributed by atoms with Crippen molar-refractivity contribution in [3.8, 4) is 16.9 Å². The quantitative estimate of drug-likeness (QED) is 0.876. The van der Waals surface area contributed by atoms with E-state index in [4.69, 9.17) is 16.3 Å². The minimum absolute atomic E-state index is 0.00332. The maximum absolute atomic E-state index is 13.2. The summed E-state index contributed by atoms with van der Waals surface area (Å²) in [5, 5.41) is 3.23. The molecule has 1 fully saturated rings. The topological polar surface area (TPSA) is 21.3 Å². The highest BCUT2D eigenvalue weighted by Gasteiger charge is 2.34. The molecule has 0 radical (unpaired) electrons. The highest BCUT2D eigenvalue weighted by molar-refractivity contribution is 6.33. The molecule has 1 aliphatic rings. The minimum atomic E-state index is -4.45. The molecule has 0 saturated carbocycles. The van der Waals surface area contributed by atoms with Gasteiger partial charge in [0, 0.05) is 29.6 Å². The molecule has 1 heterocycles. The van der Waals surface area contributed by atoms with Gasteiger partial charge in [0.2, 0.25) is 0 Å². The Balaban J connectivity index is 1.84. The van der Waals surface area contributed by atoms with E-state index < -0.39 is 11.7 Å². The molecule has 1 saturated heterocycles. The molecule has 1 aliphatic heterocycles. The number of halogens is 4. The second kappa shape index (κ2) is 6.42. The maximum Gasteiger partial charge on any atom is 0.417 e. The Hall–Kier alpha value is -1.72. The van der Waals surface area contributed by atoms with Crippen LogP contribution < -0.4 is 10.1 Å². The first kappa shape index (κ1) is 16.1. The van der Waals surface area contributed by atoms with Crippen LogP contribution in [0.5, 0.6) is 5.75 Å². The summed E-state index contributed by atoms with van der Waals surface area (Å²) < 4.78 is 45.1. The Morgan fingerprint density at radius 3 is 2.35 bits per heavy atom. The molecule has 2 aromatic rings. The molecule has 2 nitrogen and oxygen atoms in total. The molecule has 0 atom stereocenters. The van der Waals surface area contributed by atoms with Gasteiger partial charge in [0.15, 0.2) is 0 Å². The molecule has 1 N–H and O–H groups in total. The number of ether oxygens (including phenoxy) is 1. The third-order valence-electron chi connectivity index (χ3n) is 3.81. The summed E-state index contributed by atoms with van der Waals surface area (Å²) in [4.78, 5) is 0. The van der Waals surface area contributed by atoms with Crippen LogP contribution in [0.3, 0.4) is 0 Å². The van der Waals surface area contributed by atoms with Crippen LogP contribution in [0.4, 0.5) is 13.2 Å². The number of hydrogen-bond acceptors (Lipinski definition) is 2. The third kappa shape index (κ3) is 3.62. The molecule has 23 heavy (non-hydrogen) atoms. The fourth-order valence-electron chi connectivity index (χ4n) is 2.45. The Morgan fingerprint density at radius 2 is 1.78 bits per heavy atom. The normalized spacial score (nSPS) is 15.3. The van der Waals surface area contributed by atoms with Gasteiger partial charge in [-0.3, -0.25) is 0 Å². The van der Waals surface area contributed by atoms with Crippen LogP contribution in [-0.4, -0.2) is 19.7 Å². The molecule has 0 unspecified atom stereocenters. The van der Waals surface area contributed by atoms with Crippen LogP contribution in [0.1, 0.15) is 5.56 Å². The zero-order valence-electron chi connectivity index (χ0n) is 12.2. The largest absolute Gasteiger partial charge is 0.493 e. The van der Waals surface area contributed by atoms with E-state index in [0.29, 0.717) is 23.8 Å². The summed E-state index contributed by atoms with van der Waals surface area (Å²) in [7, 11) is 0.